The summed E-state index contributed by atoms with van der Waals surface area (Å²) in [6.07, 6.45) is 4.84. The average molecular weight is 374 g/mol. The van der Waals surface area contributed by atoms with Gasteiger partial charge in [-0.25, -0.2) is 4.98 Å². The van der Waals surface area contributed by atoms with Crippen molar-refractivity contribution in [3.8, 4) is 0 Å². The Morgan fingerprint density at radius 3 is 2.57 bits per heavy atom. The first-order chi connectivity index (χ1) is 13.6. The van der Waals surface area contributed by atoms with Crippen molar-refractivity contribution in [3.63, 3.8) is 0 Å². The highest BCUT2D eigenvalue weighted by molar-refractivity contribution is 5.99. The molecule has 0 aliphatic heterocycles. The van der Waals surface area contributed by atoms with Crippen LogP contribution in [-0.2, 0) is 6.54 Å². The number of amides is 2. The van der Waals surface area contributed by atoms with Crippen LogP contribution in [0.5, 0.6) is 0 Å². The van der Waals surface area contributed by atoms with E-state index in [9.17, 15) is 9.59 Å². The lowest BCUT2D eigenvalue weighted by molar-refractivity contribution is 0.0843. The maximum Gasteiger partial charge on any atom is 0.288 e. The van der Waals surface area contributed by atoms with Gasteiger partial charge < -0.3 is 0 Å². The molecule has 8 heteroatoms. The van der Waals surface area contributed by atoms with Crippen LogP contribution in [0.25, 0.3) is 5.65 Å². The number of aryl methyl sites for hydroxylation is 1. The maximum atomic E-state index is 12.5. The predicted molar refractivity (Wildman–Crippen MR) is 103 cm³/mol. The molecule has 1 aromatic carbocycles. The molecule has 140 valence electrons. The summed E-state index contributed by atoms with van der Waals surface area (Å²) in [5.41, 5.74) is 7.91. The van der Waals surface area contributed by atoms with Gasteiger partial charge in [-0.3, -0.25) is 29.5 Å². The first kappa shape index (κ1) is 17.5. The van der Waals surface area contributed by atoms with Crippen LogP contribution in [0.1, 0.15) is 32.1 Å². The van der Waals surface area contributed by atoms with E-state index in [0.29, 0.717) is 29.1 Å². The van der Waals surface area contributed by atoms with E-state index in [1.807, 2.05) is 48.5 Å². The first-order valence-corrected chi connectivity index (χ1v) is 8.72. The van der Waals surface area contributed by atoms with E-state index in [2.05, 4.69) is 20.9 Å². The minimum absolute atomic E-state index is 0.353. The van der Waals surface area contributed by atoms with E-state index in [1.54, 1.807) is 28.4 Å². The number of nitrogens with zero attached hydrogens (tertiary/aromatic N) is 4. The third kappa shape index (κ3) is 3.48. The van der Waals surface area contributed by atoms with Gasteiger partial charge in [-0.05, 0) is 24.6 Å². The Labute approximate surface area is 160 Å². The van der Waals surface area contributed by atoms with Crippen molar-refractivity contribution in [1.82, 2.24) is 30.0 Å². The molecule has 3 aromatic heterocycles. The van der Waals surface area contributed by atoms with Crippen LogP contribution in [0, 0.1) is 6.92 Å². The fourth-order valence-corrected chi connectivity index (χ4v) is 2.97. The Balaban J connectivity index is 1.42. The number of hydrazine groups is 1. The van der Waals surface area contributed by atoms with Crippen LogP contribution < -0.4 is 10.9 Å². The highest BCUT2D eigenvalue weighted by Crippen LogP contribution is 2.11. The topological polar surface area (TPSA) is 93.3 Å². The summed E-state index contributed by atoms with van der Waals surface area (Å²) in [4.78, 5) is 29.2. The zero-order chi connectivity index (χ0) is 19.5. The third-order valence-corrected chi connectivity index (χ3v) is 4.29. The molecule has 2 N–H and O–H groups in total. The van der Waals surface area contributed by atoms with Gasteiger partial charge in [0.2, 0.25) is 0 Å². The molecule has 4 rings (SSSR count). The van der Waals surface area contributed by atoms with E-state index in [1.165, 1.54) is 6.20 Å². The Kier molecular flexibility index (Phi) is 4.59. The van der Waals surface area contributed by atoms with Crippen LogP contribution >= 0.6 is 0 Å². The van der Waals surface area contributed by atoms with Crippen LogP contribution in [0.15, 0.2) is 67.1 Å². The van der Waals surface area contributed by atoms with E-state index in [-0.39, 0.29) is 0 Å². The molecule has 3 heterocycles. The molecule has 0 saturated heterocycles. The molecule has 0 unspecified atom stereocenters. The molecule has 0 spiro atoms. The summed E-state index contributed by atoms with van der Waals surface area (Å²) in [6, 6.07) is 15.3. The van der Waals surface area contributed by atoms with Crippen LogP contribution in [0.3, 0.4) is 0 Å². The van der Waals surface area contributed by atoms with Crippen molar-refractivity contribution in [1.29, 1.82) is 0 Å². The molecule has 28 heavy (non-hydrogen) atoms. The Morgan fingerprint density at radius 2 is 1.75 bits per heavy atom. The number of hydrogen-bond acceptors (Lipinski definition) is 4. The minimum Gasteiger partial charge on any atom is -0.295 e. The molecule has 0 bridgehead atoms. The molecule has 0 atom stereocenters. The highest BCUT2D eigenvalue weighted by atomic mass is 16.2. The number of imidazole rings is 1. The predicted octanol–water partition coefficient (Wildman–Crippen LogP) is 1.96. The molecule has 4 aromatic rings. The summed E-state index contributed by atoms with van der Waals surface area (Å²) in [5.74, 6) is -0.889. The Morgan fingerprint density at radius 1 is 1.00 bits per heavy atom. The number of benzene rings is 1. The van der Waals surface area contributed by atoms with Crippen LogP contribution in [0.4, 0.5) is 0 Å². The second-order valence-corrected chi connectivity index (χ2v) is 6.30. The standard InChI is InChI=1S/C20H18N6O2/c1-14-18(26-10-6-5-9-17(26)22-14)20(28)24-23-19(27)16-11-21-25(13-16)12-15-7-3-2-4-8-15/h2-11,13H,12H2,1H3,(H,23,27)(H,24,28). The normalized spacial score (nSPS) is 10.8. The lowest BCUT2D eigenvalue weighted by Gasteiger charge is -2.07. The monoisotopic (exact) mass is 374 g/mol. The fraction of sp³-hybridized carbons (Fsp3) is 0.100. The molecule has 0 fully saturated rings. The third-order valence-electron chi connectivity index (χ3n) is 4.29. The van der Waals surface area contributed by atoms with E-state index >= 15 is 0 Å². The number of carbonyl (C=O) groups is 2. The molecular formula is C20H18N6O2. The number of aromatic nitrogens is 4. The van der Waals surface area contributed by atoms with Crippen molar-refractivity contribution in [3.05, 3.63) is 89.6 Å². The zero-order valence-corrected chi connectivity index (χ0v) is 15.2. The lowest BCUT2D eigenvalue weighted by atomic mass is 10.2. The van der Waals surface area contributed by atoms with Gasteiger partial charge in [0, 0.05) is 12.4 Å². The van der Waals surface area contributed by atoms with Gasteiger partial charge in [-0.2, -0.15) is 5.10 Å². The SMILES string of the molecule is Cc1nc2ccccn2c1C(=O)NNC(=O)c1cnn(Cc2ccccc2)c1. The lowest BCUT2D eigenvalue weighted by Crippen LogP contribution is -2.42. The van der Waals surface area contributed by atoms with Crippen molar-refractivity contribution in [2.75, 3.05) is 0 Å². The molecule has 2 amide bonds. The van der Waals surface area contributed by atoms with Gasteiger partial charge in [-0.15, -0.1) is 0 Å². The van der Waals surface area contributed by atoms with E-state index in [4.69, 9.17) is 0 Å². The van der Waals surface area contributed by atoms with Gasteiger partial charge in [0.15, 0.2) is 0 Å². The van der Waals surface area contributed by atoms with E-state index in [0.717, 1.165) is 5.56 Å². The van der Waals surface area contributed by atoms with Crippen molar-refractivity contribution < 1.29 is 9.59 Å². The van der Waals surface area contributed by atoms with Gasteiger partial charge in [0.05, 0.1) is 24.0 Å². The van der Waals surface area contributed by atoms with Crippen molar-refractivity contribution in [2.24, 2.45) is 0 Å². The zero-order valence-electron chi connectivity index (χ0n) is 15.2. The summed E-state index contributed by atoms with van der Waals surface area (Å²) in [7, 11) is 0. The number of pyridine rings is 1. The van der Waals surface area contributed by atoms with Crippen molar-refractivity contribution >= 4 is 17.5 Å². The maximum absolute atomic E-state index is 12.5. The second kappa shape index (κ2) is 7.36. The first-order valence-electron chi connectivity index (χ1n) is 8.72. The molecular weight excluding hydrogens is 356 g/mol. The number of fused-ring (bicyclic) bond motifs is 1. The Bertz CT molecular complexity index is 1150. The molecule has 8 nitrogen and oxygen atoms in total. The second-order valence-electron chi connectivity index (χ2n) is 6.30. The fourth-order valence-electron chi connectivity index (χ4n) is 2.97. The van der Waals surface area contributed by atoms with Gasteiger partial charge >= 0.3 is 0 Å². The largest absolute Gasteiger partial charge is 0.295 e. The number of hydrogen-bond donors (Lipinski definition) is 2. The van der Waals surface area contributed by atoms with Gasteiger partial charge in [0.25, 0.3) is 11.8 Å². The molecule has 0 saturated carbocycles. The molecule has 0 aliphatic carbocycles. The number of nitrogens with one attached hydrogen (secondary N) is 2. The van der Waals surface area contributed by atoms with Crippen LogP contribution in [0.2, 0.25) is 0 Å². The number of rotatable bonds is 4. The minimum atomic E-state index is -0.445. The summed E-state index contributed by atoms with van der Waals surface area (Å²) < 4.78 is 3.34. The smallest absolute Gasteiger partial charge is 0.288 e. The quantitative estimate of drug-likeness (QED) is 0.534. The average Bonchev–Trinajstić information content (AvgIpc) is 3.30. The Hall–Kier alpha value is -3.94. The molecule has 0 aliphatic rings. The van der Waals surface area contributed by atoms with Crippen LogP contribution in [-0.4, -0.2) is 31.0 Å². The van der Waals surface area contributed by atoms with Crippen molar-refractivity contribution in [2.45, 2.75) is 13.5 Å². The molecule has 0 radical (unpaired) electrons. The van der Waals surface area contributed by atoms with Gasteiger partial charge in [0.1, 0.15) is 11.3 Å². The van der Waals surface area contributed by atoms with E-state index < -0.39 is 11.8 Å². The van der Waals surface area contributed by atoms with Gasteiger partial charge in [-0.1, -0.05) is 36.4 Å². The summed E-state index contributed by atoms with van der Waals surface area (Å²) in [5, 5.41) is 4.19. The summed E-state index contributed by atoms with van der Waals surface area (Å²) >= 11 is 0. The highest BCUT2D eigenvalue weighted by Gasteiger charge is 2.17. The number of carbonyl (C=O) groups excluding carboxylic acids is 2. The summed E-state index contributed by atoms with van der Waals surface area (Å²) in [6.45, 7) is 2.30.